The molecule has 0 aromatic carbocycles. The molecule has 0 spiro atoms. The molecule has 0 bridgehead atoms. The van der Waals surface area contributed by atoms with Crippen LogP contribution >= 0.6 is 0 Å². The molecular weight excluding hydrogens is 307 g/mol. The number of allylic oxidation sites excluding steroid dienone is 1. The molecule has 2 rings (SSSR count). The van der Waals surface area contributed by atoms with E-state index in [1.54, 1.807) is 4.90 Å². The molecule has 0 N–H and O–H groups in total. The Balaban J connectivity index is 1.74. The Morgan fingerprint density at radius 3 is 2.33 bits per heavy atom. The number of carbonyl (C=O) groups excluding carboxylic acids is 1. The van der Waals surface area contributed by atoms with Crippen LogP contribution in [0.3, 0.4) is 0 Å². The number of halogens is 1. The quantitative estimate of drug-likeness (QED) is 0.731. The van der Waals surface area contributed by atoms with Crippen LogP contribution in [0.25, 0.3) is 0 Å². The third-order valence-corrected chi connectivity index (χ3v) is 5.04. The Labute approximate surface area is 146 Å². The zero-order chi connectivity index (χ0) is 17.9. The third-order valence-electron chi connectivity index (χ3n) is 5.04. The Morgan fingerprint density at radius 2 is 1.83 bits per heavy atom. The number of likely N-dealkylation sites (tertiary alicyclic amines) is 2. The molecule has 0 aromatic rings. The fourth-order valence-corrected chi connectivity index (χ4v) is 3.68. The summed E-state index contributed by atoms with van der Waals surface area (Å²) in [6.45, 7) is 15.4. The fourth-order valence-electron chi connectivity index (χ4n) is 3.68. The van der Waals surface area contributed by atoms with Crippen LogP contribution in [0.4, 0.5) is 9.18 Å². The highest BCUT2D eigenvalue weighted by atomic mass is 19.1. The summed E-state index contributed by atoms with van der Waals surface area (Å²) in [7, 11) is 0. The van der Waals surface area contributed by atoms with Crippen LogP contribution < -0.4 is 0 Å². The minimum absolute atomic E-state index is 0.0234. The minimum atomic E-state index is -0.793. The summed E-state index contributed by atoms with van der Waals surface area (Å²) in [5.41, 5.74) is 0.519. The predicted octanol–water partition coefficient (Wildman–Crippen LogP) is 3.87. The average molecular weight is 340 g/mol. The van der Waals surface area contributed by atoms with Crippen molar-refractivity contribution in [3.63, 3.8) is 0 Å². The Hall–Kier alpha value is -1.10. The molecule has 0 aliphatic carbocycles. The Kier molecular flexibility index (Phi) is 6.29. The number of carbonyl (C=O) groups is 1. The van der Waals surface area contributed by atoms with Gasteiger partial charge < -0.3 is 14.5 Å². The molecule has 0 saturated carbocycles. The molecule has 2 aliphatic heterocycles. The lowest BCUT2D eigenvalue weighted by Crippen LogP contribution is -2.47. The van der Waals surface area contributed by atoms with Gasteiger partial charge >= 0.3 is 6.09 Å². The van der Waals surface area contributed by atoms with Gasteiger partial charge in [0.05, 0.1) is 0 Å². The summed E-state index contributed by atoms with van der Waals surface area (Å²) in [4.78, 5) is 16.1. The number of nitrogens with zero attached hydrogens (tertiary/aromatic N) is 2. The standard InChI is InChI=1S/C19H33FN2O2/c1-14(2)16-8-9-21(13-17(16)20)12-15-6-10-22(11-7-15)18(23)24-19(3,4)5/h15-17H,1,6-13H2,2-5H3/t16-,17-/m0/s1. The second-order valence-electron chi connectivity index (χ2n) is 8.43. The Morgan fingerprint density at radius 1 is 1.21 bits per heavy atom. The maximum Gasteiger partial charge on any atom is 0.410 e. The molecule has 2 saturated heterocycles. The normalized spacial score (nSPS) is 27.1. The second kappa shape index (κ2) is 7.85. The van der Waals surface area contributed by atoms with Gasteiger partial charge in [0.25, 0.3) is 0 Å². The lowest BCUT2D eigenvalue weighted by Gasteiger charge is -2.39. The molecule has 5 heteroatoms. The minimum Gasteiger partial charge on any atom is -0.444 e. The lowest BCUT2D eigenvalue weighted by atomic mass is 9.88. The van der Waals surface area contributed by atoms with Crippen molar-refractivity contribution in [2.24, 2.45) is 11.8 Å². The van der Waals surface area contributed by atoms with Gasteiger partial charge in [0, 0.05) is 32.1 Å². The number of amides is 1. The third kappa shape index (κ3) is 5.47. The first-order valence-electron chi connectivity index (χ1n) is 9.15. The van der Waals surface area contributed by atoms with Crippen molar-refractivity contribution in [2.45, 2.75) is 58.7 Å². The van der Waals surface area contributed by atoms with Gasteiger partial charge in [-0.2, -0.15) is 0 Å². The van der Waals surface area contributed by atoms with E-state index in [0.717, 1.165) is 51.0 Å². The molecule has 2 heterocycles. The maximum atomic E-state index is 14.3. The summed E-state index contributed by atoms with van der Waals surface area (Å²) in [5, 5.41) is 0. The van der Waals surface area contributed by atoms with E-state index in [4.69, 9.17) is 4.74 Å². The van der Waals surface area contributed by atoms with Crippen molar-refractivity contribution in [3.05, 3.63) is 12.2 Å². The van der Waals surface area contributed by atoms with Crippen molar-refractivity contribution in [2.75, 3.05) is 32.7 Å². The van der Waals surface area contributed by atoms with Crippen LogP contribution in [0, 0.1) is 11.8 Å². The largest absolute Gasteiger partial charge is 0.444 e. The first-order chi connectivity index (χ1) is 11.2. The van der Waals surface area contributed by atoms with Gasteiger partial charge in [-0.1, -0.05) is 12.2 Å². The molecular formula is C19H33FN2O2. The topological polar surface area (TPSA) is 32.8 Å². The van der Waals surface area contributed by atoms with E-state index in [-0.39, 0.29) is 12.0 Å². The van der Waals surface area contributed by atoms with Crippen LogP contribution in [-0.2, 0) is 4.74 Å². The molecule has 0 radical (unpaired) electrons. The Bertz CT molecular complexity index is 453. The van der Waals surface area contributed by atoms with Gasteiger partial charge in [-0.05, 0) is 59.4 Å². The fraction of sp³-hybridized carbons (Fsp3) is 0.842. The second-order valence-corrected chi connectivity index (χ2v) is 8.43. The highest BCUT2D eigenvalue weighted by Gasteiger charge is 2.32. The number of alkyl halides is 1. The van der Waals surface area contributed by atoms with Gasteiger partial charge in [-0.15, -0.1) is 0 Å². The molecule has 138 valence electrons. The zero-order valence-electron chi connectivity index (χ0n) is 15.7. The lowest BCUT2D eigenvalue weighted by molar-refractivity contribution is 0.0152. The van der Waals surface area contributed by atoms with E-state index in [2.05, 4.69) is 11.5 Å². The van der Waals surface area contributed by atoms with E-state index >= 15 is 0 Å². The van der Waals surface area contributed by atoms with Crippen molar-refractivity contribution in [3.8, 4) is 0 Å². The van der Waals surface area contributed by atoms with Crippen LogP contribution in [0.2, 0.25) is 0 Å². The molecule has 0 unspecified atom stereocenters. The van der Waals surface area contributed by atoms with E-state index < -0.39 is 11.8 Å². The number of ether oxygens (including phenoxy) is 1. The van der Waals surface area contributed by atoms with E-state index in [1.807, 2.05) is 27.7 Å². The van der Waals surface area contributed by atoms with Crippen LogP contribution in [0.15, 0.2) is 12.2 Å². The molecule has 0 aromatic heterocycles. The molecule has 2 atom stereocenters. The summed E-state index contributed by atoms with van der Waals surface area (Å²) in [6, 6.07) is 0. The smallest absolute Gasteiger partial charge is 0.410 e. The van der Waals surface area contributed by atoms with Gasteiger partial charge in [-0.3, -0.25) is 0 Å². The molecule has 24 heavy (non-hydrogen) atoms. The first-order valence-corrected chi connectivity index (χ1v) is 9.15. The average Bonchev–Trinajstić information content (AvgIpc) is 2.45. The highest BCUT2D eigenvalue weighted by molar-refractivity contribution is 5.68. The number of hydrogen-bond acceptors (Lipinski definition) is 3. The van der Waals surface area contributed by atoms with Crippen LogP contribution in [0.5, 0.6) is 0 Å². The summed E-state index contributed by atoms with van der Waals surface area (Å²) in [6.07, 6.45) is 1.80. The van der Waals surface area contributed by atoms with Gasteiger partial charge in [0.2, 0.25) is 0 Å². The molecule has 2 aliphatic rings. The number of hydrogen-bond donors (Lipinski definition) is 0. The predicted molar refractivity (Wildman–Crippen MR) is 94.8 cm³/mol. The van der Waals surface area contributed by atoms with Crippen LogP contribution in [-0.4, -0.2) is 60.4 Å². The van der Waals surface area contributed by atoms with Crippen molar-refractivity contribution in [1.29, 1.82) is 0 Å². The van der Waals surface area contributed by atoms with Gasteiger partial charge in [0.15, 0.2) is 0 Å². The van der Waals surface area contributed by atoms with Crippen LogP contribution in [0.1, 0.15) is 47.0 Å². The first kappa shape index (κ1) is 19.2. The SMILES string of the molecule is C=C(C)[C@@H]1CCN(CC2CCN(C(=O)OC(C)(C)C)CC2)C[C@@H]1F. The number of rotatable bonds is 3. The van der Waals surface area contributed by atoms with Crippen molar-refractivity contribution < 1.29 is 13.9 Å². The molecule has 1 amide bonds. The highest BCUT2D eigenvalue weighted by Crippen LogP contribution is 2.28. The van der Waals surface area contributed by atoms with Crippen molar-refractivity contribution in [1.82, 2.24) is 9.80 Å². The van der Waals surface area contributed by atoms with Gasteiger partial charge in [0.1, 0.15) is 11.8 Å². The summed E-state index contributed by atoms with van der Waals surface area (Å²) in [5.74, 6) is 0.563. The molecule has 4 nitrogen and oxygen atoms in total. The van der Waals surface area contributed by atoms with Gasteiger partial charge in [-0.25, -0.2) is 9.18 Å². The zero-order valence-corrected chi connectivity index (χ0v) is 15.7. The maximum absolute atomic E-state index is 14.3. The van der Waals surface area contributed by atoms with E-state index in [1.165, 1.54) is 0 Å². The molecule has 2 fully saturated rings. The van der Waals surface area contributed by atoms with Crippen molar-refractivity contribution >= 4 is 6.09 Å². The summed E-state index contributed by atoms with van der Waals surface area (Å²) < 4.78 is 19.7. The van der Waals surface area contributed by atoms with E-state index in [0.29, 0.717) is 12.5 Å². The number of piperidine rings is 2. The van der Waals surface area contributed by atoms with E-state index in [9.17, 15) is 9.18 Å². The monoisotopic (exact) mass is 340 g/mol. The summed E-state index contributed by atoms with van der Waals surface area (Å²) >= 11 is 0.